The number of nitrogens with one attached hydrogen (secondary N) is 1. The van der Waals surface area contributed by atoms with Crippen molar-refractivity contribution in [1.82, 2.24) is 5.32 Å². The third-order valence-corrected chi connectivity index (χ3v) is 4.24. The van der Waals surface area contributed by atoms with Crippen LogP contribution in [-0.4, -0.2) is 27.3 Å². The van der Waals surface area contributed by atoms with Crippen LogP contribution in [-0.2, 0) is 6.42 Å². The summed E-state index contributed by atoms with van der Waals surface area (Å²) in [6.07, 6.45) is 3.32. The molecule has 1 atom stereocenters. The topological polar surface area (TPSA) is 30.5 Å². The first kappa shape index (κ1) is 14.5. The van der Waals surface area contributed by atoms with Crippen LogP contribution < -0.4 is 14.8 Å². The van der Waals surface area contributed by atoms with E-state index >= 15 is 0 Å². The van der Waals surface area contributed by atoms with Gasteiger partial charge in [-0.25, -0.2) is 0 Å². The van der Waals surface area contributed by atoms with Crippen LogP contribution in [0.5, 0.6) is 11.5 Å². The highest BCUT2D eigenvalue weighted by Crippen LogP contribution is 2.43. The molecule has 19 heavy (non-hydrogen) atoms. The van der Waals surface area contributed by atoms with Crippen LogP contribution in [0, 0.1) is 0 Å². The molecule has 1 fully saturated rings. The van der Waals surface area contributed by atoms with Gasteiger partial charge in [0.2, 0.25) is 0 Å². The lowest BCUT2D eigenvalue weighted by atomic mass is 9.87. The SMILES string of the molecule is CCc1c(C2CCCNC2)cc(OC)c(OC)c1Cl. The molecule has 2 rings (SSSR count). The van der Waals surface area contributed by atoms with Gasteiger partial charge in [0.1, 0.15) is 0 Å². The Balaban J connectivity index is 2.49. The summed E-state index contributed by atoms with van der Waals surface area (Å²) >= 11 is 6.49. The van der Waals surface area contributed by atoms with Crippen molar-refractivity contribution < 1.29 is 9.47 Å². The van der Waals surface area contributed by atoms with E-state index in [-0.39, 0.29) is 0 Å². The van der Waals surface area contributed by atoms with E-state index in [0.717, 1.165) is 25.3 Å². The molecule has 1 aromatic carbocycles. The van der Waals surface area contributed by atoms with Crippen molar-refractivity contribution in [3.8, 4) is 11.5 Å². The maximum atomic E-state index is 6.49. The predicted molar refractivity (Wildman–Crippen MR) is 78.8 cm³/mol. The highest BCUT2D eigenvalue weighted by Gasteiger charge is 2.23. The number of rotatable bonds is 4. The minimum absolute atomic E-state index is 0.515. The van der Waals surface area contributed by atoms with Crippen molar-refractivity contribution >= 4 is 11.6 Å². The molecule has 1 heterocycles. The Morgan fingerprint density at radius 2 is 2.16 bits per heavy atom. The van der Waals surface area contributed by atoms with E-state index < -0.39 is 0 Å². The Bertz CT molecular complexity index is 442. The summed E-state index contributed by atoms with van der Waals surface area (Å²) in [7, 11) is 3.29. The predicted octanol–water partition coefficient (Wildman–Crippen LogP) is 3.39. The van der Waals surface area contributed by atoms with Gasteiger partial charge in [-0.3, -0.25) is 0 Å². The molecule has 0 bridgehead atoms. The number of hydrogen-bond acceptors (Lipinski definition) is 3. The van der Waals surface area contributed by atoms with Crippen LogP contribution in [0.4, 0.5) is 0 Å². The van der Waals surface area contributed by atoms with Crippen molar-refractivity contribution in [1.29, 1.82) is 0 Å². The third kappa shape index (κ3) is 2.82. The number of halogens is 1. The van der Waals surface area contributed by atoms with Gasteiger partial charge in [-0.15, -0.1) is 0 Å². The molecule has 1 aliphatic heterocycles. The number of methoxy groups -OCH3 is 2. The lowest BCUT2D eigenvalue weighted by Crippen LogP contribution is -2.29. The molecule has 0 aromatic heterocycles. The summed E-state index contributed by atoms with van der Waals surface area (Å²) in [5.74, 6) is 1.89. The smallest absolute Gasteiger partial charge is 0.179 e. The van der Waals surface area contributed by atoms with Crippen LogP contribution in [0.1, 0.15) is 36.8 Å². The number of piperidine rings is 1. The zero-order valence-electron chi connectivity index (χ0n) is 11.9. The van der Waals surface area contributed by atoms with E-state index in [1.807, 2.05) is 0 Å². The van der Waals surface area contributed by atoms with Gasteiger partial charge in [-0.2, -0.15) is 0 Å². The van der Waals surface area contributed by atoms with Crippen molar-refractivity contribution in [2.45, 2.75) is 32.1 Å². The van der Waals surface area contributed by atoms with Crippen molar-refractivity contribution in [2.24, 2.45) is 0 Å². The first-order valence-corrected chi connectivity index (χ1v) is 7.24. The van der Waals surface area contributed by atoms with Gasteiger partial charge in [0.05, 0.1) is 19.2 Å². The molecule has 1 unspecified atom stereocenters. The van der Waals surface area contributed by atoms with Gasteiger partial charge in [0.25, 0.3) is 0 Å². The Labute approximate surface area is 120 Å². The average Bonchev–Trinajstić information content (AvgIpc) is 2.47. The van der Waals surface area contributed by atoms with Crippen molar-refractivity contribution in [2.75, 3.05) is 27.3 Å². The summed E-state index contributed by atoms with van der Waals surface area (Å²) in [6, 6.07) is 2.10. The average molecular weight is 284 g/mol. The monoisotopic (exact) mass is 283 g/mol. The normalized spacial score (nSPS) is 19.3. The van der Waals surface area contributed by atoms with Gasteiger partial charge >= 0.3 is 0 Å². The standard InChI is InChI=1S/C15H22ClNO2/c1-4-11-12(10-6-5-7-17-9-10)8-13(18-2)15(19-3)14(11)16/h8,10,17H,4-7,9H2,1-3H3. The number of hydrogen-bond donors (Lipinski definition) is 1. The maximum absolute atomic E-state index is 6.49. The summed E-state index contributed by atoms with van der Waals surface area (Å²) < 4.78 is 10.8. The van der Waals surface area contributed by atoms with E-state index in [1.165, 1.54) is 24.0 Å². The molecule has 0 radical (unpaired) electrons. The third-order valence-electron chi connectivity index (χ3n) is 3.84. The summed E-state index contributed by atoms with van der Waals surface area (Å²) in [6.45, 7) is 4.25. The van der Waals surface area contributed by atoms with Crippen LogP contribution in [0.3, 0.4) is 0 Å². The van der Waals surface area contributed by atoms with Crippen LogP contribution in [0.15, 0.2) is 6.07 Å². The molecule has 0 amide bonds. The van der Waals surface area contributed by atoms with Crippen LogP contribution in [0.2, 0.25) is 5.02 Å². The first-order chi connectivity index (χ1) is 9.22. The number of ether oxygens (including phenoxy) is 2. The van der Waals surface area contributed by atoms with Crippen molar-refractivity contribution in [3.05, 3.63) is 22.2 Å². The van der Waals surface area contributed by atoms with Gasteiger partial charge in [-0.1, -0.05) is 18.5 Å². The summed E-state index contributed by atoms with van der Waals surface area (Å²) in [4.78, 5) is 0. The van der Waals surface area contributed by atoms with Gasteiger partial charge in [0, 0.05) is 6.54 Å². The minimum atomic E-state index is 0.515. The fourth-order valence-electron chi connectivity index (χ4n) is 2.85. The van der Waals surface area contributed by atoms with Gasteiger partial charge in [0.15, 0.2) is 11.5 Å². The Morgan fingerprint density at radius 1 is 1.37 bits per heavy atom. The van der Waals surface area contributed by atoms with E-state index in [9.17, 15) is 0 Å². The summed E-state index contributed by atoms with van der Waals surface area (Å²) in [5.41, 5.74) is 2.49. The quantitative estimate of drug-likeness (QED) is 0.919. The molecule has 106 valence electrons. The van der Waals surface area contributed by atoms with E-state index in [1.54, 1.807) is 14.2 Å². The number of benzene rings is 1. The molecule has 0 spiro atoms. The molecule has 1 aromatic rings. The Morgan fingerprint density at radius 3 is 2.68 bits per heavy atom. The maximum Gasteiger partial charge on any atom is 0.179 e. The van der Waals surface area contributed by atoms with Gasteiger partial charge < -0.3 is 14.8 Å². The molecule has 1 aliphatic rings. The second-order valence-electron chi connectivity index (χ2n) is 4.89. The fraction of sp³-hybridized carbons (Fsp3) is 0.600. The van der Waals surface area contributed by atoms with Gasteiger partial charge in [-0.05, 0) is 48.9 Å². The molecular formula is C15H22ClNO2. The zero-order valence-corrected chi connectivity index (χ0v) is 12.6. The minimum Gasteiger partial charge on any atom is -0.493 e. The lowest BCUT2D eigenvalue weighted by molar-refractivity contribution is 0.353. The second kappa shape index (κ2) is 6.49. The van der Waals surface area contributed by atoms with Crippen LogP contribution >= 0.6 is 11.6 Å². The first-order valence-electron chi connectivity index (χ1n) is 6.86. The molecule has 0 saturated carbocycles. The second-order valence-corrected chi connectivity index (χ2v) is 5.27. The highest BCUT2D eigenvalue weighted by molar-refractivity contribution is 6.33. The molecule has 0 aliphatic carbocycles. The molecule has 1 N–H and O–H groups in total. The Hall–Kier alpha value is -0.930. The highest BCUT2D eigenvalue weighted by atomic mass is 35.5. The van der Waals surface area contributed by atoms with E-state index in [4.69, 9.17) is 21.1 Å². The van der Waals surface area contributed by atoms with E-state index in [2.05, 4.69) is 18.3 Å². The van der Waals surface area contributed by atoms with Crippen LogP contribution in [0.25, 0.3) is 0 Å². The molecular weight excluding hydrogens is 262 g/mol. The van der Waals surface area contributed by atoms with E-state index in [0.29, 0.717) is 16.7 Å². The molecule has 3 nitrogen and oxygen atoms in total. The fourth-order valence-corrected chi connectivity index (χ4v) is 3.26. The van der Waals surface area contributed by atoms with Crippen molar-refractivity contribution in [3.63, 3.8) is 0 Å². The largest absolute Gasteiger partial charge is 0.493 e. The molecule has 4 heteroatoms. The lowest BCUT2D eigenvalue weighted by Gasteiger charge is -2.27. The Kier molecular flexibility index (Phi) is 4.94. The zero-order chi connectivity index (χ0) is 13.8. The summed E-state index contributed by atoms with van der Waals surface area (Å²) in [5, 5.41) is 4.15. The molecule has 1 saturated heterocycles.